The number of hydrogen-bond donors (Lipinski definition) is 0. The summed E-state index contributed by atoms with van der Waals surface area (Å²) >= 11 is 0. The van der Waals surface area contributed by atoms with E-state index >= 15 is 0 Å². The fourth-order valence-corrected chi connectivity index (χ4v) is 9.33. The summed E-state index contributed by atoms with van der Waals surface area (Å²) in [4.78, 5) is 4.97. The second kappa shape index (κ2) is 17.8. The molecule has 0 radical (unpaired) electrons. The minimum absolute atomic E-state index is 0. The summed E-state index contributed by atoms with van der Waals surface area (Å²) in [6.07, 6.45) is 7.96. The molecule has 6 aromatic carbocycles. The Morgan fingerprint density at radius 1 is 0.529 bits per heavy atom. The van der Waals surface area contributed by atoms with Gasteiger partial charge in [0, 0.05) is 61.3 Å². The summed E-state index contributed by atoms with van der Waals surface area (Å²) in [5.74, 6) is 2.09. The van der Waals surface area contributed by atoms with E-state index in [2.05, 4.69) is 268 Å². The molecule has 0 bridgehead atoms. The number of aromatic nitrogens is 4. The minimum Gasteiger partial charge on any atom is -0.510 e. The van der Waals surface area contributed by atoms with Gasteiger partial charge in [0.2, 0.25) is 0 Å². The molecule has 0 fully saturated rings. The molecule has 0 atom stereocenters. The summed E-state index contributed by atoms with van der Waals surface area (Å²) in [7, 11) is 0. The third-order valence-electron chi connectivity index (χ3n) is 13.6. The number of hydrogen-bond acceptors (Lipinski definition) is 2. The van der Waals surface area contributed by atoms with Gasteiger partial charge in [-0.15, -0.1) is 29.8 Å². The maximum absolute atomic E-state index is 7.06. The molecule has 0 N–H and O–H groups in total. The van der Waals surface area contributed by atoms with E-state index in [0.717, 1.165) is 50.3 Å². The minimum atomic E-state index is -0.387. The maximum Gasteiger partial charge on any atom is 0.267 e. The first-order valence-electron chi connectivity index (χ1n) is 23.6. The fraction of sp³-hybridized carbons (Fsp3) is 0.290. The summed E-state index contributed by atoms with van der Waals surface area (Å²) in [6.45, 7) is 29.4. The number of fused-ring (bicyclic) bond motifs is 3. The third kappa shape index (κ3) is 9.15. The quantitative estimate of drug-likeness (QED) is 0.107. The van der Waals surface area contributed by atoms with Gasteiger partial charge in [0.05, 0.1) is 11.4 Å². The molecule has 9 rings (SSSR count). The van der Waals surface area contributed by atoms with Crippen molar-refractivity contribution in [2.24, 2.45) is 0 Å². The molecular weight excluding hydrogens is 1010 g/mol. The monoisotopic (exact) mass is 1080 g/mol. The molecule has 0 aliphatic carbocycles. The van der Waals surface area contributed by atoms with E-state index in [-0.39, 0.29) is 48.1 Å². The van der Waals surface area contributed by atoms with Crippen molar-refractivity contribution in [3.63, 3.8) is 0 Å². The summed E-state index contributed by atoms with van der Waals surface area (Å²) in [5, 5.41) is 2.32. The van der Waals surface area contributed by atoms with Crippen LogP contribution >= 0.6 is 0 Å². The summed E-state index contributed by atoms with van der Waals surface area (Å²) in [5.41, 5.74) is 11.1. The van der Waals surface area contributed by atoms with E-state index < -0.39 is 0 Å². The Morgan fingerprint density at radius 2 is 1.13 bits per heavy atom. The summed E-state index contributed by atoms with van der Waals surface area (Å²) < 4.78 is 13.6. The molecule has 0 aliphatic rings. The van der Waals surface area contributed by atoms with Gasteiger partial charge in [0.25, 0.3) is 6.33 Å². The van der Waals surface area contributed by atoms with Crippen LogP contribution in [0.4, 0.5) is 0 Å². The van der Waals surface area contributed by atoms with Gasteiger partial charge in [0.1, 0.15) is 5.82 Å². The van der Waals surface area contributed by atoms with Crippen LogP contribution in [0.2, 0.25) is 0 Å². The van der Waals surface area contributed by atoms with Crippen LogP contribution in [0.25, 0.3) is 39.0 Å². The molecule has 3 heterocycles. The van der Waals surface area contributed by atoms with Gasteiger partial charge >= 0.3 is 0 Å². The Labute approximate surface area is 419 Å². The van der Waals surface area contributed by atoms with Crippen LogP contribution in [0, 0.1) is 18.5 Å². The first-order valence-corrected chi connectivity index (χ1v) is 23.6. The van der Waals surface area contributed by atoms with E-state index in [1.807, 2.05) is 6.20 Å². The molecule has 9 aromatic rings. The van der Waals surface area contributed by atoms with Crippen molar-refractivity contribution in [2.45, 2.75) is 117 Å². The van der Waals surface area contributed by atoms with Crippen LogP contribution in [0.1, 0.15) is 129 Å². The molecule has 0 saturated heterocycles. The number of imidazole rings is 1. The zero-order chi connectivity index (χ0) is 47.7. The number of benzene rings is 6. The Kier molecular flexibility index (Phi) is 12.7. The first kappa shape index (κ1) is 48.4. The van der Waals surface area contributed by atoms with Gasteiger partial charge in [0.15, 0.2) is 0 Å². The van der Waals surface area contributed by atoms with Crippen molar-refractivity contribution >= 4 is 21.8 Å². The second-order valence-electron chi connectivity index (χ2n) is 22.3. The molecule has 350 valence electrons. The van der Waals surface area contributed by atoms with Crippen LogP contribution in [-0.4, -0.2) is 14.1 Å². The SMILES string of the molecule is CC(C)(C)c1cc(Oc2[c-]c3c(c(C(C)(C)C)c2)c2ccccc2n3-c2cc(C(C)(C)C)ccn2)[c-]c(-n2[c-][n+](-c3cccc(C(C)(C)c4ccccc4)c3)c(C(C)(C)c3ccccc3)c2)c1.[Pt]. The van der Waals surface area contributed by atoms with E-state index in [1.165, 1.54) is 27.8 Å². The number of nitrogens with zero attached hydrogens (tertiary/aromatic N) is 4. The average Bonchev–Trinajstić information content (AvgIpc) is 3.90. The molecule has 5 nitrogen and oxygen atoms in total. The van der Waals surface area contributed by atoms with Gasteiger partial charge in [-0.2, -0.15) is 11.6 Å². The molecule has 0 unspecified atom stereocenters. The van der Waals surface area contributed by atoms with Crippen molar-refractivity contribution in [1.29, 1.82) is 0 Å². The molecule has 68 heavy (non-hydrogen) atoms. The van der Waals surface area contributed by atoms with Crippen molar-refractivity contribution in [3.8, 4) is 28.7 Å². The normalized spacial score (nSPS) is 12.7. The third-order valence-corrected chi connectivity index (χ3v) is 13.6. The largest absolute Gasteiger partial charge is 0.510 e. The molecule has 6 heteroatoms. The van der Waals surface area contributed by atoms with E-state index in [1.54, 1.807) is 0 Å². The Balaban J connectivity index is 0.00000625. The Bertz CT molecular complexity index is 3260. The van der Waals surface area contributed by atoms with Crippen LogP contribution in [0.15, 0.2) is 152 Å². The number of rotatable bonds is 9. The van der Waals surface area contributed by atoms with Crippen molar-refractivity contribution in [2.75, 3.05) is 0 Å². The number of para-hydroxylation sites is 1. The maximum atomic E-state index is 7.06. The first-order chi connectivity index (χ1) is 31.6. The van der Waals surface area contributed by atoms with Gasteiger partial charge in [-0.25, -0.2) is 4.98 Å². The topological polar surface area (TPSA) is 35.9 Å². The van der Waals surface area contributed by atoms with Gasteiger partial charge in [-0.1, -0.05) is 192 Å². The molecule has 0 saturated carbocycles. The number of ether oxygens (including phenoxy) is 1. The van der Waals surface area contributed by atoms with Crippen LogP contribution in [0.5, 0.6) is 11.5 Å². The predicted octanol–water partition coefficient (Wildman–Crippen LogP) is 15.0. The number of pyridine rings is 1. The average molecular weight is 1080 g/mol. The smallest absolute Gasteiger partial charge is 0.267 e. The van der Waals surface area contributed by atoms with Crippen molar-refractivity contribution in [1.82, 2.24) is 14.1 Å². The molecule has 0 aliphatic heterocycles. The Hall–Kier alpha value is -6.03. The zero-order valence-corrected chi connectivity index (χ0v) is 44.2. The van der Waals surface area contributed by atoms with Crippen LogP contribution in [0.3, 0.4) is 0 Å². The molecule has 3 aromatic heterocycles. The van der Waals surface area contributed by atoms with Gasteiger partial charge < -0.3 is 13.9 Å². The van der Waals surface area contributed by atoms with E-state index in [4.69, 9.17) is 9.72 Å². The fourth-order valence-electron chi connectivity index (χ4n) is 9.33. The van der Waals surface area contributed by atoms with Gasteiger partial charge in [-0.05, 0) is 79.9 Å². The Morgan fingerprint density at radius 3 is 1.78 bits per heavy atom. The molecular formula is C62H64N4OPt-2. The molecule has 0 amide bonds. The predicted molar refractivity (Wildman–Crippen MR) is 276 cm³/mol. The van der Waals surface area contributed by atoms with E-state index in [9.17, 15) is 0 Å². The van der Waals surface area contributed by atoms with Crippen molar-refractivity contribution < 1.29 is 30.4 Å². The van der Waals surface area contributed by atoms with E-state index in [0.29, 0.717) is 11.5 Å². The second-order valence-corrected chi connectivity index (χ2v) is 22.3. The van der Waals surface area contributed by atoms with Crippen LogP contribution < -0.4 is 9.30 Å². The van der Waals surface area contributed by atoms with Gasteiger partial charge in [-0.3, -0.25) is 4.57 Å². The zero-order valence-electron chi connectivity index (χ0n) is 41.9. The van der Waals surface area contributed by atoms with Crippen LogP contribution in [-0.2, 0) is 48.1 Å². The molecule has 0 spiro atoms. The standard InChI is InChI=1S/C62H64N4O.Pt/c1-58(2,3)44-31-32-63-56(36-44)66-53-30-21-20-29-51(53)57-52(60(7,8)9)38-50(39-54(57)66)67-49-35-46(59(4,5)6)34-48(37-49)64-40-55(62(12,13)43-25-18-15-19-26-43)65(41-64)47-28-22-27-45(33-47)61(10,11)42-23-16-14-17-24-42;/h14-36,38,40H,1-13H3;/q-2;. The van der Waals surface area contributed by atoms with Crippen molar-refractivity contribution in [3.05, 3.63) is 209 Å². The summed E-state index contributed by atoms with van der Waals surface area (Å²) in [6, 6.07) is 57.4.